The summed E-state index contributed by atoms with van der Waals surface area (Å²) in [5, 5.41) is 0.487. The summed E-state index contributed by atoms with van der Waals surface area (Å²) in [7, 11) is 0. The maximum atomic E-state index is 12.3. The van der Waals surface area contributed by atoms with E-state index in [1.807, 2.05) is 16.7 Å². The van der Waals surface area contributed by atoms with Gasteiger partial charge in [-0.15, -0.1) is 0 Å². The van der Waals surface area contributed by atoms with Gasteiger partial charge in [0.2, 0.25) is 0 Å². The fourth-order valence-corrected chi connectivity index (χ4v) is 3.23. The molecule has 1 aromatic rings. The van der Waals surface area contributed by atoms with E-state index < -0.39 is 0 Å². The van der Waals surface area contributed by atoms with Crippen LogP contribution in [0.1, 0.15) is 24.3 Å². The second-order valence-corrected chi connectivity index (χ2v) is 6.04. The number of carbonyl (C=O) groups excluding carboxylic acids is 1. The number of thioether (sulfide) groups is 1. The minimum absolute atomic E-state index is 0.105. The van der Waals surface area contributed by atoms with Crippen LogP contribution in [-0.4, -0.2) is 44.9 Å². The van der Waals surface area contributed by atoms with Gasteiger partial charge in [0.05, 0.1) is 0 Å². The number of nitrogens with zero attached hydrogens (tertiary/aromatic N) is 3. The van der Waals surface area contributed by atoms with Gasteiger partial charge < -0.3 is 10.6 Å². The van der Waals surface area contributed by atoms with Crippen LogP contribution in [0.15, 0.2) is 12.4 Å². The molecule has 1 aliphatic rings. The first-order chi connectivity index (χ1) is 8.59. The van der Waals surface area contributed by atoms with Crippen molar-refractivity contribution < 1.29 is 4.79 Å². The van der Waals surface area contributed by atoms with Crippen LogP contribution >= 0.6 is 11.8 Å². The molecule has 0 unspecified atom stereocenters. The van der Waals surface area contributed by atoms with Gasteiger partial charge in [0.1, 0.15) is 0 Å². The summed E-state index contributed by atoms with van der Waals surface area (Å²) in [6.07, 6.45) is 3.00. The number of nitrogen functional groups attached to an aromatic ring is 1. The maximum Gasteiger partial charge on any atom is 0.276 e. The van der Waals surface area contributed by atoms with Gasteiger partial charge in [-0.1, -0.05) is 13.8 Å². The molecule has 1 aromatic heterocycles. The molecule has 0 aromatic carbocycles. The molecule has 0 aliphatic carbocycles. The van der Waals surface area contributed by atoms with Gasteiger partial charge in [0, 0.05) is 36.5 Å². The lowest BCUT2D eigenvalue weighted by molar-refractivity contribution is 0.0751. The molecule has 5 nitrogen and oxygen atoms in total. The molecule has 6 heteroatoms. The summed E-state index contributed by atoms with van der Waals surface area (Å²) < 4.78 is 0. The highest BCUT2D eigenvalue weighted by molar-refractivity contribution is 8.00. The second-order valence-electron chi connectivity index (χ2n) is 4.69. The molecule has 2 heterocycles. The molecule has 2 N–H and O–H groups in total. The third kappa shape index (κ3) is 2.75. The van der Waals surface area contributed by atoms with Crippen LogP contribution in [0.5, 0.6) is 0 Å². The van der Waals surface area contributed by atoms with E-state index in [0.29, 0.717) is 11.2 Å². The van der Waals surface area contributed by atoms with E-state index in [1.54, 1.807) is 0 Å². The summed E-state index contributed by atoms with van der Waals surface area (Å²) in [6.45, 7) is 5.88. The lowest BCUT2D eigenvalue weighted by atomic mass is 10.1. The first-order valence-electron chi connectivity index (χ1n) is 6.07. The predicted octanol–water partition coefficient (Wildman–Crippen LogP) is 1.27. The normalized spacial score (nSPS) is 20.2. The first kappa shape index (κ1) is 13.1. The molecular formula is C12H18N4OS. The van der Waals surface area contributed by atoms with Gasteiger partial charge in [-0.2, -0.15) is 11.8 Å². The van der Waals surface area contributed by atoms with Crippen LogP contribution < -0.4 is 5.73 Å². The van der Waals surface area contributed by atoms with E-state index in [9.17, 15) is 4.79 Å². The van der Waals surface area contributed by atoms with Crippen LogP contribution in [-0.2, 0) is 0 Å². The Morgan fingerprint density at radius 2 is 2.22 bits per heavy atom. The van der Waals surface area contributed by atoms with Crippen molar-refractivity contribution in [1.82, 2.24) is 14.9 Å². The molecule has 1 atom stereocenters. The van der Waals surface area contributed by atoms with Crippen LogP contribution in [0, 0.1) is 5.92 Å². The van der Waals surface area contributed by atoms with Crippen LogP contribution in [0.25, 0.3) is 0 Å². The molecule has 0 saturated carbocycles. The Labute approximate surface area is 111 Å². The highest BCUT2D eigenvalue weighted by Gasteiger charge is 2.28. The van der Waals surface area contributed by atoms with Crippen molar-refractivity contribution in [2.75, 3.05) is 24.6 Å². The van der Waals surface area contributed by atoms with Crippen molar-refractivity contribution in [3.63, 3.8) is 0 Å². The number of amides is 1. The number of nitrogens with two attached hydrogens (primary N) is 1. The van der Waals surface area contributed by atoms with E-state index in [1.165, 1.54) is 12.4 Å². The summed E-state index contributed by atoms with van der Waals surface area (Å²) in [4.78, 5) is 22.1. The minimum atomic E-state index is -0.105. The Hall–Kier alpha value is -1.30. The second kappa shape index (κ2) is 5.56. The highest BCUT2D eigenvalue weighted by atomic mass is 32.2. The molecule has 2 rings (SSSR count). The molecule has 1 aliphatic heterocycles. The Morgan fingerprint density at radius 1 is 1.50 bits per heavy atom. The Bertz CT molecular complexity index is 438. The average Bonchev–Trinajstić information content (AvgIpc) is 2.38. The number of carbonyl (C=O) groups is 1. The smallest absolute Gasteiger partial charge is 0.276 e. The highest BCUT2D eigenvalue weighted by Crippen LogP contribution is 2.25. The van der Waals surface area contributed by atoms with Gasteiger partial charge in [0.25, 0.3) is 5.91 Å². The van der Waals surface area contributed by atoms with Crippen molar-refractivity contribution in [3.05, 3.63) is 18.1 Å². The van der Waals surface area contributed by atoms with Crippen LogP contribution in [0.4, 0.5) is 5.82 Å². The zero-order chi connectivity index (χ0) is 13.1. The molecule has 0 bridgehead atoms. The SMILES string of the molecule is CC(C)[C@@H]1CN(C(=O)c2nccnc2N)CCS1. The lowest BCUT2D eigenvalue weighted by Gasteiger charge is -2.34. The van der Waals surface area contributed by atoms with Crippen molar-refractivity contribution in [1.29, 1.82) is 0 Å². The summed E-state index contributed by atoms with van der Waals surface area (Å²) >= 11 is 1.93. The van der Waals surface area contributed by atoms with E-state index >= 15 is 0 Å². The zero-order valence-electron chi connectivity index (χ0n) is 10.7. The number of aromatic nitrogens is 2. The molecule has 98 valence electrons. The van der Waals surface area contributed by atoms with Crippen molar-refractivity contribution >= 4 is 23.5 Å². The predicted molar refractivity (Wildman–Crippen MR) is 73.4 cm³/mol. The molecule has 0 spiro atoms. The van der Waals surface area contributed by atoms with E-state index in [0.717, 1.165) is 18.8 Å². The van der Waals surface area contributed by atoms with Crippen LogP contribution in [0.2, 0.25) is 0 Å². The quantitative estimate of drug-likeness (QED) is 0.873. The molecule has 1 amide bonds. The van der Waals surface area contributed by atoms with Gasteiger partial charge >= 0.3 is 0 Å². The molecule has 0 radical (unpaired) electrons. The lowest BCUT2D eigenvalue weighted by Crippen LogP contribution is -2.44. The molecule has 18 heavy (non-hydrogen) atoms. The van der Waals surface area contributed by atoms with Gasteiger partial charge in [-0.25, -0.2) is 9.97 Å². The summed E-state index contributed by atoms with van der Waals surface area (Å²) in [5.41, 5.74) is 5.97. The zero-order valence-corrected chi connectivity index (χ0v) is 11.5. The van der Waals surface area contributed by atoms with Gasteiger partial charge in [-0.3, -0.25) is 4.79 Å². The average molecular weight is 266 g/mol. The van der Waals surface area contributed by atoms with Gasteiger partial charge in [0.15, 0.2) is 11.5 Å². The molecule has 1 saturated heterocycles. The van der Waals surface area contributed by atoms with Crippen molar-refractivity contribution in [3.8, 4) is 0 Å². The third-order valence-corrected chi connectivity index (χ3v) is 4.59. The molecular weight excluding hydrogens is 248 g/mol. The standard InChI is InChI=1S/C12H18N4OS/c1-8(2)9-7-16(5-6-18-9)12(17)10-11(13)15-4-3-14-10/h3-4,8-9H,5-7H2,1-2H3,(H2,13,15)/t9-/m0/s1. The topological polar surface area (TPSA) is 72.1 Å². The number of rotatable bonds is 2. The maximum absolute atomic E-state index is 12.3. The minimum Gasteiger partial charge on any atom is -0.382 e. The number of hydrogen-bond donors (Lipinski definition) is 1. The van der Waals surface area contributed by atoms with Gasteiger partial charge in [-0.05, 0) is 5.92 Å². The Morgan fingerprint density at radius 3 is 2.89 bits per heavy atom. The van der Waals surface area contributed by atoms with Crippen LogP contribution in [0.3, 0.4) is 0 Å². The van der Waals surface area contributed by atoms with E-state index in [-0.39, 0.29) is 17.4 Å². The monoisotopic (exact) mass is 266 g/mol. The fraction of sp³-hybridized carbons (Fsp3) is 0.583. The van der Waals surface area contributed by atoms with Crippen molar-refractivity contribution in [2.45, 2.75) is 19.1 Å². The first-order valence-corrected chi connectivity index (χ1v) is 7.12. The number of anilines is 1. The Kier molecular flexibility index (Phi) is 4.06. The molecule has 1 fully saturated rings. The largest absolute Gasteiger partial charge is 0.382 e. The summed E-state index contributed by atoms with van der Waals surface area (Å²) in [6, 6.07) is 0. The van der Waals surface area contributed by atoms with E-state index in [4.69, 9.17) is 5.73 Å². The number of hydrogen-bond acceptors (Lipinski definition) is 5. The summed E-state index contributed by atoms with van der Waals surface area (Å²) in [5.74, 6) is 1.63. The fourth-order valence-electron chi connectivity index (χ4n) is 1.93. The third-order valence-electron chi connectivity index (χ3n) is 3.05. The van der Waals surface area contributed by atoms with E-state index in [2.05, 4.69) is 23.8 Å². The Balaban J connectivity index is 2.12. The van der Waals surface area contributed by atoms with Crippen molar-refractivity contribution in [2.24, 2.45) is 5.92 Å².